The van der Waals surface area contributed by atoms with Crippen LogP contribution in [0.2, 0.25) is 0 Å². The van der Waals surface area contributed by atoms with E-state index in [9.17, 15) is 0 Å². The van der Waals surface area contributed by atoms with Crippen LogP contribution in [0.4, 0.5) is 17.1 Å². The number of hydrogen-bond acceptors (Lipinski definition) is 1. The Morgan fingerprint density at radius 2 is 0.963 bits per heavy atom. The molecule has 0 N–H and O–H groups in total. The molecule has 262 valence electrons. The van der Waals surface area contributed by atoms with Gasteiger partial charge in [0.25, 0.3) is 0 Å². The monoisotopic (exact) mass is 695 g/mol. The van der Waals surface area contributed by atoms with Crippen molar-refractivity contribution in [3.8, 4) is 44.5 Å². The normalized spacial score (nSPS) is 12.7. The van der Waals surface area contributed by atoms with Gasteiger partial charge in [0.05, 0.1) is 0 Å². The van der Waals surface area contributed by atoms with Crippen LogP contribution in [0.3, 0.4) is 0 Å². The molecule has 0 aromatic heterocycles. The Kier molecular flexibility index (Phi) is 8.51. The third kappa shape index (κ3) is 5.63. The van der Waals surface area contributed by atoms with E-state index >= 15 is 0 Å². The molecule has 1 nitrogen and oxygen atoms in total. The summed E-state index contributed by atoms with van der Waals surface area (Å²) in [5.74, 6) is 0. The average molecular weight is 696 g/mol. The molecule has 9 rings (SSSR count). The Morgan fingerprint density at radius 1 is 0.407 bits per heavy atom. The summed E-state index contributed by atoms with van der Waals surface area (Å²) in [7, 11) is 0. The highest BCUT2D eigenvalue weighted by Gasteiger charge is 2.41. The van der Waals surface area contributed by atoms with Crippen LogP contribution in [0.25, 0.3) is 55.3 Å². The smallest absolute Gasteiger partial charge is 0.0496 e. The Bertz CT molecular complexity index is 2630. The van der Waals surface area contributed by atoms with Crippen molar-refractivity contribution in [3.63, 3.8) is 0 Å². The Balaban J connectivity index is 1.23. The minimum Gasteiger partial charge on any atom is -0.310 e. The number of anilines is 3. The third-order valence-electron chi connectivity index (χ3n) is 12.0. The predicted octanol–water partition coefficient (Wildman–Crippen LogP) is 15.0. The SMILES string of the molecule is CCC1(CC)c2ccc(N(c3ccc(-c4ccccc4-c4ccccc4)cc3)c3cc(-c4ccc(C)cc4)ccc3C)cc2-c2cc3ccccc3cc21. The fourth-order valence-corrected chi connectivity index (χ4v) is 8.92. The molecule has 0 spiro atoms. The van der Waals surface area contributed by atoms with Crippen molar-refractivity contribution in [1.82, 2.24) is 0 Å². The molecule has 1 aliphatic rings. The van der Waals surface area contributed by atoms with Gasteiger partial charge in [0.1, 0.15) is 0 Å². The van der Waals surface area contributed by atoms with E-state index in [1.165, 1.54) is 83.2 Å². The Hall–Kier alpha value is -6.18. The first-order chi connectivity index (χ1) is 26.5. The number of benzene rings is 8. The summed E-state index contributed by atoms with van der Waals surface area (Å²) in [5, 5.41) is 2.61. The number of nitrogens with zero attached hydrogens (tertiary/aromatic N) is 1. The molecule has 1 heteroatoms. The van der Waals surface area contributed by atoms with Crippen LogP contribution in [-0.2, 0) is 5.41 Å². The van der Waals surface area contributed by atoms with Crippen molar-refractivity contribution in [3.05, 3.63) is 198 Å². The van der Waals surface area contributed by atoms with E-state index in [4.69, 9.17) is 0 Å². The van der Waals surface area contributed by atoms with E-state index < -0.39 is 0 Å². The quantitative estimate of drug-likeness (QED) is 0.153. The van der Waals surface area contributed by atoms with Crippen LogP contribution in [-0.4, -0.2) is 0 Å². The van der Waals surface area contributed by atoms with Gasteiger partial charge in [-0.2, -0.15) is 0 Å². The highest BCUT2D eigenvalue weighted by molar-refractivity contribution is 5.95. The summed E-state index contributed by atoms with van der Waals surface area (Å²) in [6.07, 6.45) is 2.13. The summed E-state index contributed by atoms with van der Waals surface area (Å²) >= 11 is 0. The zero-order chi connectivity index (χ0) is 36.8. The molecule has 8 aromatic rings. The second-order valence-corrected chi connectivity index (χ2v) is 14.9. The molecule has 0 amide bonds. The second-order valence-electron chi connectivity index (χ2n) is 14.9. The third-order valence-corrected chi connectivity index (χ3v) is 12.0. The minimum absolute atomic E-state index is 0.00682. The summed E-state index contributed by atoms with van der Waals surface area (Å²) in [5.41, 5.74) is 18.9. The van der Waals surface area contributed by atoms with E-state index in [1.807, 2.05) is 0 Å². The molecule has 8 aromatic carbocycles. The zero-order valence-electron chi connectivity index (χ0n) is 31.6. The average Bonchev–Trinajstić information content (AvgIpc) is 3.49. The highest BCUT2D eigenvalue weighted by atomic mass is 15.1. The lowest BCUT2D eigenvalue weighted by molar-refractivity contribution is 0.491. The number of hydrogen-bond donors (Lipinski definition) is 0. The number of fused-ring (bicyclic) bond motifs is 4. The van der Waals surface area contributed by atoms with E-state index in [0.717, 1.165) is 24.2 Å². The molecule has 0 saturated carbocycles. The lowest BCUT2D eigenvalue weighted by atomic mass is 9.73. The maximum atomic E-state index is 2.47. The van der Waals surface area contributed by atoms with E-state index in [0.29, 0.717) is 0 Å². The lowest BCUT2D eigenvalue weighted by Crippen LogP contribution is -2.23. The fraction of sp³-hybridized carbons (Fsp3) is 0.132. The van der Waals surface area contributed by atoms with Crippen molar-refractivity contribution in [2.45, 2.75) is 46.0 Å². The molecule has 0 radical (unpaired) electrons. The van der Waals surface area contributed by atoms with Gasteiger partial charge in [-0.15, -0.1) is 0 Å². The van der Waals surface area contributed by atoms with Gasteiger partial charge in [-0.05, 0) is 141 Å². The molecule has 0 unspecified atom stereocenters. The maximum Gasteiger partial charge on any atom is 0.0496 e. The second kappa shape index (κ2) is 13.7. The van der Waals surface area contributed by atoms with Gasteiger partial charge >= 0.3 is 0 Å². The van der Waals surface area contributed by atoms with Gasteiger partial charge < -0.3 is 4.90 Å². The largest absolute Gasteiger partial charge is 0.310 e. The zero-order valence-corrected chi connectivity index (χ0v) is 31.6. The predicted molar refractivity (Wildman–Crippen MR) is 231 cm³/mol. The van der Waals surface area contributed by atoms with Crippen molar-refractivity contribution in [2.24, 2.45) is 0 Å². The van der Waals surface area contributed by atoms with Gasteiger partial charge in [-0.3, -0.25) is 0 Å². The van der Waals surface area contributed by atoms with Crippen LogP contribution in [0.5, 0.6) is 0 Å². The maximum absolute atomic E-state index is 2.47. The van der Waals surface area contributed by atoms with Crippen molar-refractivity contribution >= 4 is 27.8 Å². The van der Waals surface area contributed by atoms with Gasteiger partial charge in [0, 0.05) is 22.5 Å². The summed E-state index contributed by atoms with van der Waals surface area (Å²) in [6, 6.07) is 65.4. The molecule has 0 atom stereocenters. The van der Waals surface area contributed by atoms with E-state index in [2.05, 4.69) is 209 Å². The molecule has 0 bridgehead atoms. The van der Waals surface area contributed by atoms with Crippen LogP contribution in [0.1, 0.15) is 48.9 Å². The van der Waals surface area contributed by atoms with Crippen LogP contribution >= 0.6 is 0 Å². The molecule has 0 aliphatic heterocycles. The van der Waals surface area contributed by atoms with E-state index in [1.54, 1.807) is 0 Å². The van der Waals surface area contributed by atoms with Crippen LogP contribution in [0.15, 0.2) is 176 Å². The van der Waals surface area contributed by atoms with Gasteiger partial charge in [-0.1, -0.05) is 153 Å². The van der Waals surface area contributed by atoms with Crippen LogP contribution in [0, 0.1) is 13.8 Å². The number of aryl methyl sites for hydroxylation is 2. The summed E-state index contributed by atoms with van der Waals surface area (Å²) < 4.78 is 0. The van der Waals surface area contributed by atoms with E-state index in [-0.39, 0.29) is 5.41 Å². The lowest BCUT2D eigenvalue weighted by Gasteiger charge is -2.31. The summed E-state index contributed by atoms with van der Waals surface area (Å²) in [6.45, 7) is 9.10. The molecule has 54 heavy (non-hydrogen) atoms. The molecular formula is C53H45N. The molecule has 0 saturated heterocycles. The van der Waals surface area contributed by atoms with Gasteiger partial charge in [-0.25, -0.2) is 0 Å². The summed E-state index contributed by atoms with van der Waals surface area (Å²) in [4.78, 5) is 2.47. The first kappa shape index (κ1) is 33.6. The van der Waals surface area contributed by atoms with Crippen molar-refractivity contribution < 1.29 is 0 Å². The van der Waals surface area contributed by atoms with Crippen molar-refractivity contribution in [1.29, 1.82) is 0 Å². The molecular weight excluding hydrogens is 651 g/mol. The minimum atomic E-state index is -0.00682. The standard InChI is InChI=1S/C53H45N/c1-5-53(6-2)50-31-30-45(35-49(50)48-32-41-16-10-11-17-42(41)33-51(48)53)54(52-34-43(25-22-37(52)4)38-23-20-36(3)21-24-38)44-28-26-40(27-29-44)47-19-13-12-18-46(47)39-14-8-7-9-15-39/h7-35H,5-6H2,1-4H3. The van der Waals surface area contributed by atoms with Crippen LogP contribution < -0.4 is 4.90 Å². The Morgan fingerprint density at radius 3 is 1.65 bits per heavy atom. The number of rotatable bonds is 8. The topological polar surface area (TPSA) is 3.24 Å². The molecule has 0 fully saturated rings. The van der Waals surface area contributed by atoms with Gasteiger partial charge in [0.2, 0.25) is 0 Å². The highest BCUT2D eigenvalue weighted by Crippen LogP contribution is 2.55. The van der Waals surface area contributed by atoms with Gasteiger partial charge in [0.15, 0.2) is 0 Å². The first-order valence-corrected chi connectivity index (χ1v) is 19.4. The fourth-order valence-electron chi connectivity index (χ4n) is 8.92. The molecule has 1 aliphatic carbocycles. The molecule has 0 heterocycles. The van der Waals surface area contributed by atoms with Crippen molar-refractivity contribution in [2.75, 3.05) is 4.90 Å². The first-order valence-electron chi connectivity index (χ1n) is 19.4. The Labute approximate surface area is 320 Å².